The number of nitrogens with one attached hydrogen (secondary N) is 1. The lowest BCUT2D eigenvalue weighted by Gasteiger charge is -2.28. The Morgan fingerprint density at radius 2 is 2.24 bits per heavy atom. The number of ether oxygens (including phenoxy) is 2. The van der Waals surface area contributed by atoms with Gasteiger partial charge in [0.15, 0.2) is 6.10 Å². The third-order valence-corrected chi connectivity index (χ3v) is 3.95. The Morgan fingerprint density at radius 3 is 2.95 bits per heavy atom. The van der Waals surface area contributed by atoms with Gasteiger partial charge in [0.1, 0.15) is 11.6 Å². The number of aryl methyl sites for hydroxylation is 1. The van der Waals surface area contributed by atoms with Gasteiger partial charge in [0.05, 0.1) is 19.8 Å². The molecule has 1 saturated heterocycles. The summed E-state index contributed by atoms with van der Waals surface area (Å²) in [5.74, 6) is 2.25. The van der Waals surface area contributed by atoms with Crippen LogP contribution in [0.1, 0.15) is 37.8 Å². The molecule has 0 saturated carbocycles. The van der Waals surface area contributed by atoms with E-state index in [0.717, 1.165) is 31.0 Å². The van der Waals surface area contributed by atoms with E-state index in [1.807, 2.05) is 0 Å². The van der Waals surface area contributed by atoms with Crippen molar-refractivity contribution in [3.8, 4) is 0 Å². The van der Waals surface area contributed by atoms with Crippen molar-refractivity contribution in [2.24, 2.45) is 0 Å². The summed E-state index contributed by atoms with van der Waals surface area (Å²) >= 11 is 0. The molecule has 21 heavy (non-hydrogen) atoms. The zero-order valence-electron chi connectivity index (χ0n) is 12.5. The summed E-state index contributed by atoms with van der Waals surface area (Å²) in [6.07, 6.45) is 1.24. The van der Waals surface area contributed by atoms with E-state index in [4.69, 9.17) is 9.47 Å². The van der Waals surface area contributed by atoms with Gasteiger partial charge in [-0.15, -0.1) is 10.2 Å². The SMILES string of the molecule is CC(C)c1nnc2n1C[C@@H](NC(=O)[C@@H]1COCCO1)CC2. The monoisotopic (exact) mass is 294 g/mol. The fourth-order valence-corrected chi connectivity index (χ4v) is 2.83. The molecule has 2 aliphatic heterocycles. The predicted octanol–water partition coefficient (Wildman–Crippen LogP) is 0.248. The average molecular weight is 294 g/mol. The lowest BCUT2D eigenvalue weighted by Crippen LogP contribution is -2.49. The number of nitrogens with zero attached hydrogens (tertiary/aromatic N) is 3. The lowest BCUT2D eigenvalue weighted by molar-refractivity contribution is -0.148. The molecule has 1 aromatic rings. The highest BCUT2D eigenvalue weighted by molar-refractivity contribution is 5.81. The number of hydrogen-bond acceptors (Lipinski definition) is 5. The summed E-state index contributed by atoms with van der Waals surface area (Å²) in [4.78, 5) is 12.2. The largest absolute Gasteiger partial charge is 0.376 e. The van der Waals surface area contributed by atoms with Crippen molar-refractivity contribution in [1.82, 2.24) is 20.1 Å². The Labute approximate surface area is 124 Å². The van der Waals surface area contributed by atoms with Gasteiger partial charge in [-0.2, -0.15) is 0 Å². The van der Waals surface area contributed by atoms with E-state index in [2.05, 4.69) is 33.9 Å². The van der Waals surface area contributed by atoms with Crippen molar-refractivity contribution in [2.75, 3.05) is 19.8 Å². The van der Waals surface area contributed by atoms with E-state index in [-0.39, 0.29) is 11.9 Å². The molecule has 3 heterocycles. The molecule has 7 nitrogen and oxygen atoms in total. The molecular weight excluding hydrogens is 272 g/mol. The molecular formula is C14H22N4O3. The van der Waals surface area contributed by atoms with Crippen LogP contribution in [-0.4, -0.2) is 52.6 Å². The van der Waals surface area contributed by atoms with Gasteiger partial charge in [0.2, 0.25) is 0 Å². The van der Waals surface area contributed by atoms with E-state index in [9.17, 15) is 4.79 Å². The molecule has 7 heteroatoms. The Bertz CT molecular complexity index is 508. The smallest absolute Gasteiger partial charge is 0.251 e. The third kappa shape index (κ3) is 3.08. The fraction of sp³-hybridized carbons (Fsp3) is 0.786. The molecule has 0 unspecified atom stereocenters. The van der Waals surface area contributed by atoms with E-state index in [1.54, 1.807) is 0 Å². The van der Waals surface area contributed by atoms with Crippen molar-refractivity contribution in [1.29, 1.82) is 0 Å². The minimum atomic E-state index is -0.481. The van der Waals surface area contributed by atoms with E-state index >= 15 is 0 Å². The van der Waals surface area contributed by atoms with Crippen LogP contribution in [0.15, 0.2) is 0 Å². The second kappa shape index (κ2) is 6.11. The van der Waals surface area contributed by atoms with Crippen LogP contribution in [0, 0.1) is 0 Å². The van der Waals surface area contributed by atoms with Crippen molar-refractivity contribution in [3.63, 3.8) is 0 Å². The molecule has 0 aliphatic carbocycles. The van der Waals surface area contributed by atoms with Gasteiger partial charge in [-0.25, -0.2) is 0 Å². The zero-order valence-corrected chi connectivity index (χ0v) is 12.5. The molecule has 1 amide bonds. The number of carbonyl (C=O) groups is 1. The summed E-state index contributed by atoms with van der Waals surface area (Å²) in [7, 11) is 0. The van der Waals surface area contributed by atoms with Crippen LogP contribution in [0.25, 0.3) is 0 Å². The van der Waals surface area contributed by atoms with Gasteiger partial charge in [-0.3, -0.25) is 4.79 Å². The summed E-state index contributed by atoms with van der Waals surface area (Å²) in [6, 6.07) is 0.101. The molecule has 116 valence electrons. The highest BCUT2D eigenvalue weighted by Gasteiger charge is 2.28. The van der Waals surface area contributed by atoms with E-state index in [1.165, 1.54) is 0 Å². The zero-order chi connectivity index (χ0) is 14.8. The van der Waals surface area contributed by atoms with Gasteiger partial charge in [0.25, 0.3) is 5.91 Å². The van der Waals surface area contributed by atoms with Crippen LogP contribution in [-0.2, 0) is 27.2 Å². The van der Waals surface area contributed by atoms with Gasteiger partial charge < -0.3 is 19.4 Å². The molecule has 1 aromatic heterocycles. The summed E-state index contributed by atoms with van der Waals surface area (Å²) in [5, 5.41) is 11.6. The van der Waals surface area contributed by atoms with Crippen molar-refractivity contribution < 1.29 is 14.3 Å². The van der Waals surface area contributed by atoms with Crippen LogP contribution in [0.3, 0.4) is 0 Å². The molecule has 0 radical (unpaired) electrons. The molecule has 0 bridgehead atoms. The first-order valence-corrected chi connectivity index (χ1v) is 7.57. The van der Waals surface area contributed by atoms with Crippen molar-refractivity contribution in [2.45, 2.75) is 51.3 Å². The summed E-state index contributed by atoms with van der Waals surface area (Å²) < 4.78 is 12.8. The molecule has 2 atom stereocenters. The first-order valence-electron chi connectivity index (χ1n) is 7.57. The second-order valence-electron chi connectivity index (χ2n) is 5.92. The normalized spacial score (nSPS) is 25.7. The van der Waals surface area contributed by atoms with Crippen LogP contribution < -0.4 is 5.32 Å². The van der Waals surface area contributed by atoms with E-state index in [0.29, 0.717) is 25.7 Å². The molecule has 0 aromatic carbocycles. The lowest BCUT2D eigenvalue weighted by atomic mass is 10.1. The maximum absolute atomic E-state index is 12.2. The second-order valence-corrected chi connectivity index (χ2v) is 5.92. The summed E-state index contributed by atoms with van der Waals surface area (Å²) in [5.41, 5.74) is 0. The highest BCUT2D eigenvalue weighted by atomic mass is 16.6. The van der Waals surface area contributed by atoms with Crippen molar-refractivity contribution >= 4 is 5.91 Å². The van der Waals surface area contributed by atoms with E-state index < -0.39 is 6.10 Å². The first kappa shape index (κ1) is 14.5. The number of carbonyl (C=O) groups excluding carboxylic acids is 1. The number of fused-ring (bicyclic) bond motifs is 1. The number of hydrogen-bond donors (Lipinski definition) is 1. The minimum absolute atomic E-state index is 0.0812. The number of amides is 1. The number of rotatable bonds is 3. The molecule has 1 fully saturated rings. The van der Waals surface area contributed by atoms with Gasteiger partial charge in [-0.05, 0) is 6.42 Å². The molecule has 0 spiro atoms. The van der Waals surface area contributed by atoms with Crippen molar-refractivity contribution in [3.05, 3.63) is 11.6 Å². The Morgan fingerprint density at radius 1 is 1.38 bits per heavy atom. The predicted molar refractivity (Wildman–Crippen MR) is 74.9 cm³/mol. The molecule has 1 N–H and O–H groups in total. The quantitative estimate of drug-likeness (QED) is 0.864. The number of aromatic nitrogens is 3. The molecule has 2 aliphatic rings. The Hall–Kier alpha value is -1.47. The standard InChI is InChI=1S/C14H22N4O3/c1-9(2)13-17-16-12-4-3-10(7-18(12)13)15-14(19)11-8-20-5-6-21-11/h9-11H,3-8H2,1-2H3,(H,15,19)/t10-,11-/m0/s1. The Balaban J connectivity index is 1.63. The van der Waals surface area contributed by atoms with Crippen LogP contribution in [0.2, 0.25) is 0 Å². The summed E-state index contributed by atoms with van der Waals surface area (Å²) in [6.45, 7) is 6.33. The van der Waals surface area contributed by atoms with Gasteiger partial charge >= 0.3 is 0 Å². The van der Waals surface area contributed by atoms with Crippen LogP contribution in [0.4, 0.5) is 0 Å². The molecule has 3 rings (SSSR count). The van der Waals surface area contributed by atoms with Crippen LogP contribution >= 0.6 is 0 Å². The average Bonchev–Trinajstić information content (AvgIpc) is 2.91. The third-order valence-electron chi connectivity index (χ3n) is 3.95. The fourth-order valence-electron chi connectivity index (χ4n) is 2.83. The van der Waals surface area contributed by atoms with Crippen LogP contribution in [0.5, 0.6) is 0 Å². The first-order chi connectivity index (χ1) is 10.1. The Kier molecular flexibility index (Phi) is 4.21. The maximum atomic E-state index is 12.2. The minimum Gasteiger partial charge on any atom is -0.376 e. The van der Waals surface area contributed by atoms with Gasteiger partial charge in [-0.1, -0.05) is 13.8 Å². The highest BCUT2D eigenvalue weighted by Crippen LogP contribution is 2.20. The topological polar surface area (TPSA) is 78.3 Å². The maximum Gasteiger partial charge on any atom is 0.251 e. The van der Waals surface area contributed by atoms with Gasteiger partial charge in [0, 0.05) is 24.9 Å².